The molecule has 112 valence electrons. The number of hydrogen-bond acceptors (Lipinski definition) is 3. The van der Waals surface area contributed by atoms with Crippen LogP contribution in [0.15, 0.2) is 54.2 Å². The zero-order valence-electron chi connectivity index (χ0n) is 11.7. The van der Waals surface area contributed by atoms with E-state index in [9.17, 15) is 9.18 Å². The molecule has 0 spiro atoms. The molecule has 6 heteroatoms. The van der Waals surface area contributed by atoms with Crippen LogP contribution >= 0.6 is 11.3 Å². The lowest BCUT2D eigenvalue weighted by molar-refractivity contribution is 0.0954. The SMILES string of the molecule is O=C(NCCc1cccs1)c1cnn(-c2ccc(F)cc2)c1. The summed E-state index contributed by atoms with van der Waals surface area (Å²) in [5.41, 5.74) is 1.19. The molecule has 0 saturated heterocycles. The molecular formula is C16H14FN3OS. The minimum Gasteiger partial charge on any atom is -0.352 e. The van der Waals surface area contributed by atoms with Crippen LogP contribution in [0.1, 0.15) is 15.2 Å². The van der Waals surface area contributed by atoms with Crippen molar-refractivity contribution < 1.29 is 9.18 Å². The zero-order valence-corrected chi connectivity index (χ0v) is 12.5. The highest BCUT2D eigenvalue weighted by Crippen LogP contribution is 2.10. The Bertz CT molecular complexity index is 750. The highest BCUT2D eigenvalue weighted by Gasteiger charge is 2.09. The minimum atomic E-state index is -0.303. The van der Waals surface area contributed by atoms with Crippen LogP contribution in [0.4, 0.5) is 4.39 Å². The number of benzene rings is 1. The number of aromatic nitrogens is 2. The largest absolute Gasteiger partial charge is 0.352 e. The van der Waals surface area contributed by atoms with Crippen molar-refractivity contribution >= 4 is 17.2 Å². The summed E-state index contributed by atoms with van der Waals surface area (Å²) in [5.74, 6) is -0.465. The van der Waals surface area contributed by atoms with Gasteiger partial charge in [0.05, 0.1) is 17.4 Å². The number of amides is 1. The van der Waals surface area contributed by atoms with Gasteiger partial charge in [0, 0.05) is 17.6 Å². The van der Waals surface area contributed by atoms with Crippen LogP contribution < -0.4 is 5.32 Å². The van der Waals surface area contributed by atoms with E-state index in [4.69, 9.17) is 0 Å². The first-order chi connectivity index (χ1) is 10.7. The standard InChI is InChI=1S/C16H14FN3OS/c17-13-3-5-14(6-4-13)20-11-12(10-19-20)16(21)18-8-7-15-2-1-9-22-15/h1-6,9-11H,7-8H2,(H,18,21). The third-order valence-electron chi connectivity index (χ3n) is 3.17. The summed E-state index contributed by atoms with van der Waals surface area (Å²) in [7, 11) is 0. The Morgan fingerprint density at radius 3 is 2.82 bits per heavy atom. The number of carbonyl (C=O) groups is 1. The summed E-state index contributed by atoms with van der Waals surface area (Å²) in [6.45, 7) is 0.584. The number of hydrogen-bond donors (Lipinski definition) is 1. The van der Waals surface area contributed by atoms with Crippen LogP contribution in [-0.2, 0) is 6.42 Å². The molecule has 0 unspecified atom stereocenters. The lowest BCUT2D eigenvalue weighted by Crippen LogP contribution is -2.25. The second-order valence-electron chi connectivity index (χ2n) is 4.74. The van der Waals surface area contributed by atoms with Crippen LogP contribution in [0.5, 0.6) is 0 Å². The average Bonchev–Trinajstić information content (AvgIpc) is 3.19. The molecule has 0 radical (unpaired) electrons. The first kappa shape index (κ1) is 14.5. The van der Waals surface area contributed by atoms with Gasteiger partial charge in [-0.2, -0.15) is 5.10 Å². The van der Waals surface area contributed by atoms with Gasteiger partial charge in [-0.05, 0) is 42.1 Å². The number of thiophene rings is 1. The van der Waals surface area contributed by atoms with Crippen molar-refractivity contribution in [3.8, 4) is 5.69 Å². The summed E-state index contributed by atoms with van der Waals surface area (Å²) in [5, 5.41) is 9.01. The van der Waals surface area contributed by atoms with Crippen LogP contribution in [0.25, 0.3) is 5.69 Å². The number of nitrogens with one attached hydrogen (secondary N) is 1. The van der Waals surface area contributed by atoms with E-state index in [1.807, 2.05) is 17.5 Å². The van der Waals surface area contributed by atoms with E-state index < -0.39 is 0 Å². The van der Waals surface area contributed by atoms with Crippen LogP contribution in [0, 0.1) is 5.82 Å². The molecule has 22 heavy (non-hydrogen) atoms. The van der Waals surface area contributed by atoms with Crippen molar-refractivity contribution in [1.29, 1.82) is 0 Å². The maximum atomic E-state index is 12.9. The van der Waals surface area contributed by atoms with Crippen LogP contribution in [0.2, 0.25) is 0 Å². The van der Waals surface area contributed by atoms with E-state index >= 15 is 0 Å². The van der Waals surface area contributed by atoms with Gasteiger partial charge in [0.1, 0.15) is 5.82 Å². The normalized spacial score (nSPS) is 10.6. The smallest absolute Gasteiger partial charge is 0.254 e. The van der Waals surface area contributed by atoms with Crippen molar-refractivity contribution in [1.82, 2.24) is 15.1 Å². The Kier molecular flexibility index (Phi) is 4.29. The van der Waals surface area contributed by atoms with Gasteiger partial charge in [0.2, 0.25) is 0 Å². The molecule has 3 rings (SSSR count). The maximum absolute atomic E-state index is 12.9. The summed E-state index contributed by atoms with van der Waals surface area (Å²) in [6.07, 6.45) is 3.95. The third kappa shape index (κ3) is 3.40. The van der Waals surface area contributed by atoms with Gasteiger partial charge < -0.3 is 5.32 Å². The number of halogens is 1. The second-order valence-corrected chi connectivity index (χ2v) is 5.77. The molecule has 0 atom stereocenters. The fraction of sp³-hybridized carbons (Fsp3) is 0.125. The molecule has 0 aliphatic rings. The van der Waals surface area contributed by atoms with Crippen molar-refractivity contribution in [2.75, 3.05) is 6.54 Å². The first-order valence-corrected chi connectivity index (χ1v) is 7.71. The van der Waals surface area contributed by atoms with Gasteiger partial charge in [0.25, 0.3) is 5.91 Å². The molecule has 3 aromatic rings. The van der Waals surface area contributed by atoms with Crippen molar-refractivity contribution in [3.05, 3.63) is 70.4 Å². The fourth-order valence-corrected chi connectivity index (χ4v) is 2.74. The Hall–Kier alpha value is -2.47. The number of rotatable bonds is 5. The second kappa shape index (κ2) is 6.53. The first-order valence-electron chi connectivity index (χ1n) is 6.83. The van der Waals surface area contributed by atoms with E-state index in [1.165, 1.54) is 23.2 Å². The third-order valence-corrected chi connectivity index (χ3v) is 4.11. The van der Waals surface area contributed by atoms with Crippen LogP contribution in [0.3, 0.4) is 0 Å². The minimum absolute atomic E-state index is 0.162. The molecule has 1 amide bonds. The van der Waals surface area contributed by atoms with Gasteiger partial charge in [-0.25, -0.2) is 9.07 Å². The Morgan fingerprint density at radius 2 is 2.09 bits per heavy atom. The van der Waals surface area contributed by atoms with E-state index in [1.54, 1.807) is 34.3 Å². The van der Waals surface area contributed by atoms with Crippen molar-refractivity contribution in [2.45, 2.75) is 6.42 Å². The molecule has 0 aliphatic heterocycles. The Balaban J connectivity index is 1.60. The molecule has 0 aliphatic carbocycles. The molecular weight excluding hydrogens is 301 g/mol. The summed E-state index contributed by atoms with van der Waals surface area (Å²) in [4.78, 5) is 13.3. The van der Waals surface area contributed by atoms with Crippen molar-refractivity contribution in [2.24, 2.45) is 0 Å². The van der Waals surface area contributed by atoms with Gasteiger partial charge in [-0.1, -0.05) is 6.07 Å². The van der Waals surface area contributed by atoms with E-state index in [-0.39, 0.29) is 11.7 Å². The summed E-state index contributed by atoms with van der Waals surface area (Å²) in [6, 6.07) is 9.98. The molecule has 0 saturated carbocycles. The lowest BCUT2D eigenvalue weighted by atomic mass is 10.3. The molecule has 2 aromatic heterocycles. The molecule has 1 aromatic carbocycles. The molecule has 1 N–H and O–H groups in total. The summed E-state index contributed by atoms with van der Waals surface area (Å²) < 4.78 is 14.4. The molecule has 4 nitrogen and oxygen atoms in total. The van der Waals surface area contributed by atoms with Gasteiger partial charge in [0.15, 0.2) is 0 Å². The highest BCUT2D eigenvalue weighted by atomic mass is 32.1. The fourth-order valence-electron chi connectivity index (χ4n) is 2.03. The maximum Gasteiger partial charge on any atom is 0.254 e. The highest BCUT2D eigenvalue weighted by molar-refractivity contribution is 7.09. The predicted molar refractivity (Wildman–Crippen MR) is 83.9 cm³/mol. The van der Waals surface area contributed by atoms with E-state index in [2.05, 4.69) is 10.4 Å². The van der Waals surface area contributed by atoms with Crippen molar-refractivity contribution in [3.63, 3.8) is 0 Å². The number of nitrogens with zero attached hydrogens (tertiary/aromatic N) is 2. The molecule has 0 bridgehead atoms. The molecule has 0 fully saturated rings. The Morgan fingerprint density at radius 1 is 1.27 bits per heavy atom. The van der Waals surface area contributed by atoms with E-state index in [0.717, 1.165) is 6.42 Å². The predicted octanol–water partition coefficient (Wildman–Crippen LogP) is 3.05. The van der Waals surface area contributed by atoms with E-state index in [0.29, 0.717) is 17.8 Å². The molecule has 2 heterocycles. The van der Waals surface area contributed by atoms with Gasteiger partial charge >= 0.3 is 0 Å². The lowest BCUT2D eigenvalue weighted by Gasteiger charge is -2.02. The van der Waals surface area contributed by atoms with Gasteiger partial charge in [-0.3, -0.25) is 4.79 Å². The Labute approximate surface area is 131 Å². The zero-order chi connectivity index (χ0) is 15.4. The number of carbonyl (C=O) groups excluding carboxylic acids is 1. The summed E-state index contributed by atoms with van der Waals surface area (Å²) >= 11 is 1.67. The topological polar surface area (TPSA) is 46.9 Å². The quantitative estimate of drug-likeness (QED) is 0.786. The monoisotopic (exact) mass is 315 g/mol. The van der Waals surface area contributed by atoms with Crippen LogP contribution in [-0.4, -0.2) is 22.2 Å². The van der Waals surface area contributed by atoms with Gasteiger partial charge in [-0.15, -0.1) is 11.3 Å². The average molecular weight is 315 g/mol.